The third kappa shape index (κ3) is 2.21. The highest BCUT2D eigenvalue weighted by Gasteiger charge is 2.57. The van der Waals surface area contributed by atoms with Gasteiger partial charge in [0, 0.05) is 24.2 Å². The van der Waals surface area contributed by atoms with E-state index in [2.05, 4.69) is 0 Å². The number of aliphatic hydroxyl groups is 1. The summed E-state index contributed by atoms with van der Waals surface area (Å²) in [5.74, 6) is -0.874. The van der Waals surface area contributed by atoms with Gasteiger partial charge in [-0.1, -0.05) is 19.1 Å². The van der Waals surface area contributed by atoms with Gasteiger partial charge in [0.15, 0.2) is 9.84 Å². The maximum absolute atomic E-state index is 13.1. The molecule has 1 aromatic carbocycles. The van der Waals surface area contributed by atoms with E-state index in [1.165, 1.54) is 12.1 Å². The molecule has 5 heteroatoms. The summed E-state index contributed by atoms with van der Waals surface area (Å²) in [6.45, 7) is 1.41. The molecule has 3 nitrogen and oxygen atoms in total. The Morgan fingerprint density at radius 2 is 2.12 bits per heavy atom. The Bertz CT molecular complexity index is 512. The van der Waals surface area contributed by atoms with E-state index in [1.807, 2.05) is 0 Å². The van der Waals surface area contributed by atoms with Gasteiger partial charge in [-0.2, -0.15) is 0 Å². The van der Waals surface area contributed by atoms with Gasteiger partial charge in [0.05, 0.1) is 5.25 Å². The molecular formula is C12H15FO3S. The van der Waals surface area contributed by atoms with E-state index in [0.29, 0.717) is 5.56 Å². The largest absolute Gasteiger partial charge is 0.396 e. The summed E-state index contributed by atoms with van der Waals surface area (Å²) in [5, 5.41) is 8.62. The van der Waals surface area contributed by atoms with E-state index in [4.69, 9.17) is 0 Å². The van der Waals surface area contributed by atoms with E-state index < -0.39 is 15.1 Å². The first kappa shape index (κ1) is 12.5. The molecule has 0 heterocycles. The van der Waals surface area contributed by atoms with Gasteiger partial charge in [0.25, 0.3) is 0 Å². The third-order valence-electron chi connectivity index (χ3n) is 3.36. The summed E-state index contributed by atoms with van der Waals surface area (Å²) < 4.78 is 36.7. The van der Waals surface area contributed by atoms with Crippen molar-refractivity contribution in [2.75, 3.05) is 12.4 Å². The second kappa shape index (κ2) is 4.38. The molecule has 1 N–H and O–H groups in total. The number of aliphatic hydroxyl groups excluding tert-OH is 1. The quantitative estimate of drug-likeness (QED) is 0.886. The highest BCUT2D eigenvalue weighted by Crippen LogP contribution is 2.52. The molecule has 2 rings (SSSR count). The summed E-state index contributed by atoms with van der Waals surface area (Å²) in [7, 11) is -3.18. The number of benzene rings is 1. The lowest BCUT2D eigenvalue weighted by molar-refractivity contribution is 0.274. The Kier molecular flexibility index (Phi) is 3.23. The maximum Gasteiger partial charge on any atom is 0.153 e. The highest BCUT2D eigenvalue weighted by atomic mass is 32.2. The Morgan fingerprint density at radius 3 is 2.65 bits per heavy atom. The zero-order valence-electron chi connectivity index (χ0n) is 9.51. The van der Waals surface area contributed by atoms with Gasteiger partial charge in [-0.25, -0.2) is 12.8 Å². The van der Waals surface area contributed by atoms with Crippen molar-refractivity contribution in [2.45, 2.75) is 18.1 Å². The van der Waals surface area contributed by atoms with Gasteiger partial charge in [0.2, 0.25) is 0 Å². The average molecular weight is 258 g/mol. The average Bonchev–Trinajstić information content (AvgIpc) is 3.04. The molecule has 0 bridgehead atoms. The maximum atomic E-state index is 13.1. The summed E-state index contributed by atoms with van der Waals surface area (Å²) in [5.41, 5.74) is 0.658. The number of hydrogen-bond donors (Lipinski definition) is 1. The minimum absolute atomic E-state index is 0.0555. The van der Waals surface area contributed by atoms with Crippen molar-refractivity contribution in [2.24, 2.45) is 5.92 Å². The van der Waals surface area contributed by atoms with E-state index >= 15 is 0 Å². The molecule has 1 aromatic rings. The molecule has 1 aliphatic rings. The molecule has 0 spiro atoms. The standard InChI is InChI=1S/C12H15FO3S/c1-2-17(15,16)12-10(7-14)11(12)8-4-3-5-9(13)6-8/h3-6,10-12,14H,2,7H2,1H3/t10-,11-,12-/m1/s1. The van der Waals surface area contributed by atoms with Gasteiger partial charge in [-0.3, -0.25) is 0 Å². The van der Waals surface area contributed by atoms with Crippen LogP contribution in [0.1, 0.15) is 18.4 Å². The Morgan fingerprint density at radius 1 is 1.41 bits per heavy atom. The lowest BCUT2D eigenvalue weighted by atomic mass is 10.1. The molecule has 0 unspecified atom stereocenters. The van der Waals surface area contributed by atoms with Gasteiger partial charge in [-0.05, 0) is 17.7 Å². The van der Waals surface area contributed by atoms with Crippen molar-refractivity contribution < 1.29 is 17.9 Å². The molecule has 0 radical (unpaired) electrons. The molecule has 1 saturated carbocycles. The first-order valence-corrected chi connectivity index (χ1v) is 7.30. The van der Waals surface area contributed by atoms with Gasteiger partial charge >= 0.3 is 0 Å². The molecule has 1 aliphatic carbocycles. The molecule has 1 fully saturated rings. The zero-order chi connectivity index (χ0) is 12.6. The van der Waals surface area contributed by atoms with Crippen molar-refractivity contribution in [3.63, 3.8) is 0 Å². The fourth-order valence-corrected chi connectivity index (χ4v) is 4.28. The van der Waals surface area contributed by atoms with E-state index in [9.17, 15) is 17.9 Å². The second-order valence-corrected chi connectivity index (χ2v) is 6.79. The van der Waals surface area contributed by atoms with Crippen LogP contribution >= 0.6 is 0 Å². The second-order valence-electron chi connectivity index (χ2n) is 4.34. The monoisotopic (exact) mass is 258 g/mol. The Labute approximate surface area is 100 Å². The minimum Gasteiger partial charge on any atom is -0.396 e. The van der Waals surface area contributed by atoms with Crippen LogP contribution < -0.4 is 0 Å². The lowest BCUT2D eigenvalue weighted by Crippen LogP contribution is -2.13. The Hall–Kier alpha value is -0.940. The molecule has 0 amide bonds. The van der Waals surface area contributed by atoms with Gasteiger partial charge in [0.1, 0.15) is 5.82 Å². The highest BCUT2D eigenvalue weighted by molar-refractivity contribution is 7.92. The van der Waals surface area contributed by atoms with Crippen molar-refractivity contribution in [3.8, 4) is 0 Å². The predicted octanol–water partition coefficient (Wildman–Crippen LogP) is 1.33. The van der Waals surface area contributed by atoms with Crippen LogP contribution in [0, 0.1) is 11.7 Å². The smallest absolute Gasteiger partial charge is 0.153 e. The predicted molar refractivity (Wildman–Crippen MR) is 63.0 cm³/mol. The fraction of sp³-hybridized carbons (Fsp3) is 0.500. The molecule has 17 heavy (non-hydrogen) atoms. The molecule has 3 atom stereocenters. The topological polar surface area (TPSA) is 54.4 Å². The minimum atomic E-state index is -3.18. The summed E-state index contributed by atoms with van der Waals surface area (Å²) >= 11 is 0. The normalized spacial score (nSPS) is 28.1. The van der Waals surface area contributed by atoms with Gasteiger partial charge < -0.3 is 5.11 Å². The van der Waals surface area contributed by atoms with Crippen molar-refractivity contribution in [3.05, 3.63) is 35.6 Å². The number of hydrogen-bond acceptors (Lipinski definition) is 3. The van der Waals surface area contributed by atoms with E-state index in [-0.39, 0.29) is 30.0 Å². The number of sulfone groups is 1. The van der Waals surface area contributed by atoms with Crippen LogP contribution in [0.4, 0.5) is 4.39 Å². The van der Waals surface area contributed by atoms with Gasteiger partial charge in [-0.15, -0.1) is 0 Å². The van der Waals surface area contributed by atoms with Crippen LogP contribution in [0.5, 0.6) is 0 Å². The Balaban J connectivity index is 2.29. The van der Waals surface area contributed by atoms with E-state index in [0.717, 1.165) is 0 Å². The lowest BCUT2D eigenvalue weighted by Gasteiger charge is -2.00. The van der Waals surface area contributed by atoms with E-state index in [1.54, 1.807) is 19.1 Å². The zero-order valence-corrected chi connectivity index (χ0v) is 10.3. The molecule has 0 aromatic heterocycles. The van der Waals surface area contributed by atoms with Crippen LogP contribution in [0.3, 0.4) is 0 Å². The number of rotatable bonds is 4. The van der Waals surface area contributed by atoms with Crippen molar-refractivity contribution in [1.29, 1.82) is 0 Å². The third-order valence-corrected chi connectivity index (χ3v) is 5.63. The molecule has 0 aliphatic heterocycles. The van der Waals surface area contributed by atoms with Crippen molar-refractivity contribution in [1.82, 2.24) is 0 Å². The van der Waals surface area contributed by atoms with Crippen LogP contribution in [0.25, 0.3) is 0 Å². The summed E-state index contributed by atoms with van der Waals surface area (Å²) in [6, 6.07) is 5.94. The fourth-order valence-electron chi connectivity index (χ4n) is 2.39. The summed E-state index contributed by atoms with van der Waals surface area (Å²) in [4.78, 5) is 0. The van der Waals surface area contributed by atoms with Crippen LogP contribution in [0.2, 0.25) is 0 Å². The first-order valence-electron chi connectivity index (χ1n) is 5.59. The van der Waals surface area contributed by atoms with Crippen LogP contribution in [0.15, 0.2) is 24.3 Å². The van der Waals surface area contributed by atoms with Crippen LogP contribution in [-0.2, 0) is 9.84 Å². The molecule has 0 saturated heterocycles. The summed E-state index contributed by atoms with van der Waals surface area (Å²) in [6.07, 6.45) is 0. The SMILES string of the molecule is CCS(=O)(=O)[C@@H]1[C@H](CO)[C@H]1c1cccc(F)c1. The van der Waals surface area contributed by atoms with Crippen molar-refractivity contribution >= 4 is 9.84 Å². The van der Waals surface area contributed by atoms with Crippen LogP contribution in [-0.4, -0.2) is 31.1 Å². The molecule has 94 valence electrons. The first-order chi connectivity index (χ1) is 8.01. The molecular weight excluding hydrogens is 243 g/mol. The number of halogens is 1.